The third-order valence-electron chi connectivity index (χ3n) is 3.14. The van der Waals surface area contributed by atoms with Gasteiger partial charge in [-0.05, 0) is 42.0 Å². The predicted octanol–water partition coefficient (Wildman–Crippen LogP) is 3.97. The molecule has 0 aliphatic carbocycles. The topological polar surface area (TPSA) is 66.7 Å². The molecule has 0 fully saturated rings. The predicted molar refractivity (Wildman–Crippen MR) is 93.4 cm³/mol. The Bertz CT molecular complexity index is 813. The number of phenolic OH excluding ortho intramolecular Hbond substituents is 1. The van der Waals surface area contributed by atoms with Gasteiger partial charge in [-0.1, -0.05) is 12.1 Å². The second-order valence-electron chi connectivity index (χ2n) is 4.73. The number of thiazole rings is 1. The number of hydrazone groups is 1. The molecule has 116 valence electrons. The van der Waals surface area contributed by atoms with Gasteiger partial charge in [0, 0.05) is 10.9 Å². The highest BCUT2D eigenvalue weighted by Gasteiger charge is 2.04. The van der Waals surface area contributed by atoms with Crippen molar-refractivity contribution in [2.75, 3.05) is 12.5 Å². The smallest absolute Gasteiger partial charge is 0.203 e. The van der Waals surface area contributed by atoms with E-state index in [1.54, 1.807) is 31.5 Å². The second kappa shape index (κ2) is 6.93. The minimum absolute atomic E-state index is 0.225. The van der Waals surface area contributed by atoms with Gasteiger partial charge in [-0.15, -0.1) is 11.3 Å². The molecule has 0 atom stereocenters. The molecule has 23 heavy (non-hydrogen) atoms. The number of phenols is 1. The fourth-order valence-corrected chi connectivity index (χ4v) is 2.64. The zero-order valence-corrected chi connectivity index (χ0v) is 13.2. The van der Waals surface area contributed by atoms with Crippen molar-refractivity contribution < 1.29 is 9.84 Å². The van der Waals surface area contributed by atoms with Gasteiger partial charge in [-0.25, -0.2) is 4.98 Å². The standard InChI is InChI=1S/C17H15N3O2S/c1-22-15-7-5-12(6-8-15)10-18-20-17-19-16(11-23-17)13-3-2-4-14(21)9-13/h2-11,21H,1H3,(H,19,20). The Morgan fingerprint density at radius 1 is 1.22 bits per heavy atom. The average Bonchev–Trinajstić information content (AvgIpc) is 3.04. The summed E-state index contributed by atoms with van der Waals surface area (Å²) in [6.07, 6.45) is 1.72. The van der Waals surface area contributed by atoms with E-state index in [0.29, 0.717) is 5.13 Å². The van der Waals surface area contributed by atoms with Gasteiger partial charge in [0.15, 0.2) is 0 Å². The summed E-state index contributed by atoms with van der Waals surface area (Å²) in [6.45, 7) is 0. The van der Waals surface area contributed by atoms with Crippen LogP contribution >= 0.6 is 11.3 Å². The lowest BCUT2D eigenvalue weighted by atomic mass is 10.2. The van der Waals surface area contributed by atoms with E-state index in [1.165, 1.54) is 11.3 Å². The molecule has 0 radical (unpaired) electrons. The maximum absolute atomic E-state index is 9.51. The number of aromatic nitrogens is 1. The first kappa shape index (κ1) is 15.1. The number of nitrogens with zero attached hydrogens (tertiary/aromatic N) is 2. The maximum Gasteiger partial charge on any atom is 0.203 e. The zero-order chi connectivity index (χ0) is 16.1. The lowest BCUT2D eigenvalue weighted by Crippen LogP contribution is -1.90. The molecule has 3 rings (SSSR count). The van der Waals surface area contributed by atoms with E-state index in [-0.39, 0.29) is 5.75 Å². The molecule has 5 nitrogen and oxygen atoms in total. The number of nitrogens with one attached hydrogen (secondary N) is 1. The summed E-state index contributed by atoms with van der Waals surface area (Å²) in [4.78, 5) is 4.44. The molecule has 0 aliphatic heterocycles. The molecule has 0 saturated carbocycles. The summed E-state index contributed by atoms with van der Waals surface area (Å²) in [7, 11) is 1.64. The molecular formula is C17H15N3O2S. The maximum atomic E-state index is 9.51. The van der Waals surface area contributed by atoms with Crippen molar-refractivity contribution in [1.82, 2.24) is 4.98 Å². The van der Waals surface area contributed by atoms with E-state index < -0.39 is 0 Å². The molecular weight excluding hydrogens is 310 g/mol. The van der Waals surface area contributed by atoms with Crippen LogP contribution in [0.3, 0.4) is 0 Å². The number of rotatable bonds is 5. The fraction of sp³-hybridized carbons (Fsp3) is 0.0588. The molecule has 0 bridgehead atoms. The highest BCUT2D eigenvalue weighted by Crippen LogP contribution is 2.26. The van der Waals surface area contributed by atoms with E-state index in [0.717, 1.165) is 22.6 Å². The molecule has 2 N–H and O–H groups in total. The number of aromatic hydroxyl groups is 1. The van der Waals surface area contributed by atoms with Gasteiger partial charge >= 0.3 is 0 Å². The lowest BCUT2D eigenvalue weighted by molar-refractivity contribution is 0.415. The van der Waals surface area contributed by atoms with Gasteiger partial charge < -0.3 is 9.84 Å². The largest absolute Gasteiger partial charge is 0.508 e. The molecule has 0 saturated heterocycles. The van der Waals surface area contributed by atoms with Crippen LogP contribution in [0.5, 0.6) is 11.5 Å². The van der Waals surface area contributed by atoms with Crippen LogP contribution < -0.4 is 10.2 Å². The Kier molecular flexibility index (Phi) is 4.54. The normalized spacial score (nSPS) is 10.8. The van der Waals surface area contributed by atoms with Crippen molar-refractivity contribution in [3.05, 3.63) is 59.5 Å². The molecule has 1 aromatic heterocycles. The Morgan fingerprint density at radius 2 is 2.04 bits per heavy atom. The highest BCUT2D eigenvalue weighted by atomic mass is 32.1. The van der Waals surface area contributed by atoms with Crippen molar-refractivity contribution in [1.29, 1.82) is 0 Å². The Hall–Kier alpha value is -2.86. The zero-order valence-electron chi connectivity index (χ0n) is 12.4. The van der Waals surface area contributed by atoms with Crippen LogP contribution in [-0.4, -0.2) is 23.4 Å². The molecule has 0 aliphatic rings. The van der Waals surface area contributed by atoms with E-state index in [1.807, 2.05) is 35.7 Å². The molecule has 2 aromatic carbocycles. The number of anilines is 1. The van der Waals surface area contributed by atoms with Crippen LogP contribution in [0.4, 0.5) is 5.13 Å². The van der Waals surface area contributed by atoms with Crippen LogP contribution in [0.25, 0.3) is 11.3 Å². The minimum Gasteiger partial charge on any atom is -0.508 e. The molecule has 0 unspecified atom stereocenters. The summed E-state index contributed by atoms with van der Waals surface area (Å²) < 4.78 is 5.11. The number of hydrogen-bond donors (Lipinski definition) is 2. The van der Waals surface area contributed by atoms with Gasteiger partial charge in [0.1, 0.15) is 11.5 Å². The van der Waals surface area contributed by atoms with Crippen LogP contribution in [-0.2, 0) is 0 Å². The molecule has 6 heteroatoms. The van der Waals surface area contributed by atoms with E-state index in [2.05, 4.69) is 15.5 Å². The van der Waals surface area contributed by atoms with Crippen LogP contribution in [0, 0.1) is 0 Å². The summed E-state index contributed by atoms with van der Waals surface area (Å²) >= 11 is 1.45. The molecule has 3 aromatic rings. The quantitative estimate of drug-likeness (QED) is 0.550. The summed E-state index contributed by atoms with van der Waals surface area (Å²) in [6, 6.07) is 14.6. The Balaban J connectivity index is 1.65. The van der Waals surface area contributed by atoms with Crippen molar-refractivity contribution in [3.8, 4) is 22.8 Å². The van der Waals surface area contributed by atoms with E-state index >= 15 is 0 Å². The molecule has 0 spiro atoms. The van der Waals surface area contributed by atoms with Gasteiger partial charge in [-0.3, -0.25) is 5.43 Å². The summed E-state index contributed by atoms with van der Waals surface area (Å²) in [5.41, 5.74) is 5.54. The first-order valence-corrected chi connectivity index (χ1v) is 7.80. The van der Waals surface area contributed by atoms with Crippen molar-refractivity contribution >= 4 is 22.7 Å². The highest BCUT2D eigenvalue weighted by molar-refractivity contribution is 7.14. The summed E-state index contributed by atoms with van der Waals surface area (Å²) in [5, 5.41) is 16.3. The minimum atomic E-state index is 0.225. The summed E-state index contributed by atoms with van der Waals surface area (Å²) in [5.74, 6) is 1.04. The van der Waals surface area contributed by atoms with Crippen LogP contribution in [0.1, 0.15) is 5.56 Å². The number of benzene rings is 2. The SMILES string of the molecule is COc1ccc(C=NNc2nc(-c3cccc(O)c3)cs2)cc1. The fourth-order valence-electron chi connectivity index (χ4n) is 1.97. The Labute approximate surface area is 137 Å². The van der Waals surface area contributed by atoms with Crippen molar-refractivity contribution in [2.45, 2.75) is 0 Å². The van der Waals surface area contributed by atoms with Gasteiger partial charge in [0.25, 0.3) is 0 Å². The van der Waals surface area contributed by atoms with Crippen LogP contribution in [0.2, 0.25) is 0 Å². The van der Waals surface area contributed by atoms with E-state index in [9.17, 15) is 5.11 Å². The molecule has 1 heterocycles. The van der Waals surface area contributed by atoms with Crippen LogP contribution in [0.15, 0.2) is 59.0 Å². The lowest BCUT2D eigenvalue weighted by Gasteiger charge is -1.99. The number of methoxy groups -OCH3 is 1. The first-order chi connectivity index (χ1) is 11.2. The van der Waals surface area contributed by atoms with Gasteiger partial charge in [0.05, 0.1) is 19.0 Å². The van der Waals surface area contributed by atoms with Gasteiger partial charge in [-0.2, -0.15) is 5.10 Å². The monoisotopic (exact) mass is 325 g/mol. The second-order valence-corrected chi connectivity index (χ2v) is 5.59. The van der Waals surface area contributed by atoms with Crippen molar-refractivity contribution in [3.63, 3.8) is 0 Å². The third kappa shape index (κ3) is 3.87. The van der Waals surface area contributed by atoms with Crippen molar-refractivity contribution in [2.24, 2.45) is 5.10 Å². The average molecular weight is 325 g/mol. The first-order valence-electron chi connectivity index (χ1n) is 6.92. The number of hydrogen-bond acceptors (Lipinski definition) is 6. The number of ether oxygens (including phenoxy) is 1. The van der Waals surface area contributed by atoms with E-state index in [4.69, 9.17) is 4.74 Å². The Morgan fingerprint density at radius 3 is 2.78 bits per heavy atom. The van der Waals surface area contributed by atoms with Gasteiger partial charge in [0.2, 0.25) is 5.13 Å². The third-order valence-corrected chi connectivity index (χ3v) is 3.88. The molecule has 0 amide bonds.